The van der Waals surface area contributed by atoms with Gasteiger partial charge in [-0.05, 0) is 50.7 Å². The summed E-state index contributed by atoms with van der Waals surface area (Å²) in [5, 5.41) is 6.38. The Labute approximate surface area is 127 Å². The highest BCUT2D eigenvalue weighted by molar-refractivity contribution is 5.81. The number of amides is 1. The molecule has 1 aromatic heterocycles. The third-order valence-corrected chi connectivity index (χ3v) is 4.44. The van der Waals surface area contributed by atoms with Crippen molar-refractivity contribution < 1.29 is 9.21 Å². The van der Waals surface area contributed by atoms with E-state index in [0.717, 1.165) is 11.7 Å². The predicted octanol–water partition coefficient (Wildman–Crippen LogP) is 3.23. The fourth-order valence-electron chi connectivity index (χ4n) is 3.20. The molecule has 1 aliphatic carbocycles. The van der Waals surface area contributed by atoms with Crippen LogP contribution in [0.3, 0.4) is 0 Å². The van der Waals surface area contributed by atoms with Gasteiger partial charge in [0.1, 0.15) is 5.76 Å². The molecule has 0 bridgehead atoms. The lowest BCUT2D eigenvalue weighted by Crippen LogP contribution is -2.47. The van der Waals surface area contributed by atoms with Crippen molar-refractivity contribution in [1.82, 2.24) is 10.6 Å². The number of furan rings is 1. The summed E-state index contributed by atoms with van der Waals surface area (Å²) >= 11 is 0. The summed E-state index contributed by atoms with van der Waals surface area (Å²) in [6, 6.07) is 4.04. The van der Waals surface area contributed by atoms with E-state index in [0.29, 0.717) is 12.6 Å². The first-order chi connectivity index (χ1) is 10.2. The molecule has 1 aliphatic rings. The van der Waals surface area contributed by atoms with Crippen LogP contribution in [0, 0.1) is 5.92 Å². The Morgan fingerprint density at radius 3 is 2.76 bits per heavy atom. The molecule has 1 fully saturated rings. The van der Waals surface area contributed by atoms with Gasteiger partial charge in [-0.3, -0.25) is 4.79 Å². The highest BCUT2D eigenvalue weighted by atomic mass is 16.3. The molecule has 0 aromatic carbocycles. The van der Waals surface area contributed by atoms with E-state index in [4.69, 9.17) is 4.42 Å². The van der Waals surface area contributed by atoms with Gasteiger partial charge in [0, 0.05) is 6.04 Å². The van der Waals surface area contributed by atoms with Gasteiger partial charge in [-0.2, -0.15) is 0 Å². The van der Waals surface area contributed by atoms with Crippen molar-refractivity contribution in [3.63, 3.8) is 0 Å². The van der Waals surface area contributed by atoms with Crippen LogP contribution in [0.2, 0.25) is 0 Å². The molecule has 1 atom stereocenters. The zero-order valence-corrected chi connectivity index (χ0v) is 13.2. The minimum Gasteiger partial charge on any atom is -0.467 e. The SMILES string of the molecule is CCCC1CCC(NC(C)C(=O)NCc2ccco2)CC1. The van der Waals surface area contributed by atoms with Gasteiger partial charge in [0.05, 0.1) is 18.8 Å². The molecule has 118 valence electrons. The molecule has 1 heterocycles. The van der Waals surface area contributed by atoms with Gasteiger partial charge in [0.15, 0.2) is 0 Å². The second kappa shape index (κ2) is 8.23. The molecule has 4 nitrogen and oxygen atoms in total. The van der Waals surface area contributed by atoms with Crippen LogP contribution in [-0.2, 0) is 11.3 Å². The lowest BCUT2D eigenvalue weighted by molar-refractivity contribution is -0.123. The summed E-state index contributed by atoms with van der Waals surface area (Å²) < 4.78 is 5.21. The van der Waals surface area contributed by atoms with Crippen molar-refractivity contribution in [3.8, 4) is 0 Å². The largest absolute Gasteiger partial charge is 0.467 e. The van der Waals surface area contributed by atoms with E-state index in [-0.39, 0.29) is 11.9 Å². The fourth-order valence-corrected chi connectivity index (χ4v) is 3.20. The molecule has 2 rings (SSSR count). The average Bonchev–Trinajstić information content (AvgIpc) is 3.00. The molecule has 1 saturated carbocycles. The van der Waals surface area contributed by atoms with Crippen LogP contribution in [-0.4, -0.2) is 18.0 Å². The van der Waals surface area contributed by atoms with Gasteiger partial charge in [-0.1, -0.05) is 19.8 Å². The number of nitrogens with one attached hydrogen (secondary N) is 2. The Kier molecular flexibility index (Phi) is 6.30. The minimum atomic E-state index is -0.146. The van der Waals surface area contributed by atoms with Crippen LogP contribution in [0.1, 0.15) is 58.1 Å². The van der Waals surface area contributed by atoms with Crippen molar-refractivity contribution in [3.05, 3.63) is 24.2 Å². The Hall–Kier alpha value is -1.29. The molecular weight excluding hydrogens is 264 g/mol. The molecule has 4 heteroatoms. The van der Waals surface area contributed by atoms with E-state index in [1.54, 1.807) is 6.26 Å². The maximum atomic E-state index is 12.1. The minimum absolute atomic E-state index is 0.0436. The molecule has 0 radical (unpaired) electrons. The van der Waals surface area contributed by atoms with Gasteiger partial charge < -0.3 is 15.1 Å². The fraction of sp³-hybridized carbons (Fsp3) is 0.706. The van der Waals surface area contributed by atoms with Gasteiger partial charge in [0.2, 0.25) is 5.91 Å². The number of hydrogen-bond acceptors (Lipinski definition) is 3. The highest BCUT2D eigenvalue weighted by Crippen LogP contribution is 2.27. The van der Waals surface area contributed by atoms with Crippen molar-refractivity contribution in [2.24, 2.45) is 5.92 Å². The predicted molar refractivity (Wildman–Crippen MR) is 83.8 cm³/mol. The zero-order valence-electron chi connectivity index (χ0n) is 13.2. The van der Waals surface area contributed by atoms with Crippen molar-refractivity contribution in [2.45, 2.75) is 71.0 Å². The zero-order chi connectivity index (χ0) is 15.1. The Balaban J connectivity index is 1.66. The van der Waals surface area contributed by atoms with Crippen molar-refractivity contribution >= 4 is 5.91 Å². The first kappa shape index (κ1) is 16.1. The molecular formula is C17H28N2O2. The summed E-state index contributed by atoms with van der Waals surface area (Å²) in [5.41, 5.74) is 0. The maximum absolute atomic E-state index is 12.1. The van der Waals surface area contributed by atoms with Crippen LogP contribution < -0.4 is 10.6 Å². The summed E-state index contributed by atoms with van der Waals surface area (Å²) in [4.78, 5) is 12.1. The van der Waals surface area contributed by atoms with Crippen LogP contribution in [0.5, 0.6) is 0 Å². The second-order valence-electron chi connectivity index (χ2n) is 6.19. The van der Waals surface area contributed by atoms with Crippen LogP contribution in [0.15, 0.2) is 22.8 Å². The summed E-state index contributed by atoms with van der Waals surface area (Å²) in [6.07, 6.45) is 9.25. The van der Waals surface area contributed by atoms with E-state index in [1.165, 1.54) is 38.5 Å². The van der Waals surface area contributed by atoms with Gasteiger partial charge in [-0.15, -0.1) is 0 Å². The van der Waals surface area contributed by atoms with Crippen molar-refractivity contribution in [1.29, 1.82) is 0 Å². The van der Waals surface area contributed by atoms with Crippen molar-refractivity contribution in [2.75, 3.05) is 0 Å². The first-order valence-corrected chi connectivity index (χ1v) is 8.25. The molecule has 21 heavy (non-hydrogen) atoms. The lowest BCUT2D eigenvalue weighted by atomic mass is 9.83. The molecule has 2 N–H and O–H groups in total. The van der Waals surface area contributed by atoms with Crippen LogP contribution >= 0.6 is 0 Å². The second-order valence-corrected chi connectivity index (χ2v) is 6.19. The van der Waals surface area contributed by atoms with Gasteiger partial charge in [-0.25, -0.2) is 0 Å². The number of carbonyl (C=O) groups excluding carboxylic acids is 1. The van der Waals surface area contributed by atoms with Gasteiger partial charge >= 0.3 is 0 Å². The van der Waals surface area contributed by atoms with E-state index >= 15 is 0 Å². The summed E-state index contributed by atoms with van der Waals surface area (Å²) in [7, 11) is 0. The maximum Gasteiger partial charge on any atom is 0.237 e. The summed E-state index contributed by atoms with van der Waals surface area (Å²) in [6.45, 7) is 4.66. The molecule has 0 aliphatic heterocycles. The topological polar surface area (TPSA) is 54.3 Å². The Morgan fingerprint density at radius 2 is 2.14 bits per heavy atom. The molecule has 1 aromatic rings. The molecule has 0 spiro atoms. The third-order valence-electron chi connectivity index (χ3n) is 4.44. The molecule has 1 amide bonds. The highest BCUT2D eigenvalue weighted by Gasteiger charge is 2.23. The quantitative estimate of drug-likeness (QED) is 0.811. The first-order valence-electron chi connectivity index (χ1n) is 8.25. The number of carbonyl (C=O) groups is 1. The molecule has 1 unspecified atom stereocenters. The average molecular weight is 292 g/mol. The monoisotopic (exact) mass is 292 g/mol. The lowest BCUT2D eigenvalue weighted by Gasteiger charge is -2.30. The molecule has 0 saturated heterocycles. The van der Waals surface area contributed by atoms with E-state index in [9.17, 15) is 4.79 Å². The number of rotatable bonds is 7. The van der Waals surface area contributed by atoms with Crippen LogP contribution in [0.4, 0.5) is 0 Å². The Morgan fingerprint density at radius 1 is 1.38 bits per heavy atom. The van der Waals surface area contributed by atoms with Gasteiger partial charge in [0.25, 0.3) is 0 Å². The Bertz CT molecular complexity index is 408. The third kappa shape index (κ3) is 5.20. The normalized spacial score (nSPS) is 23.7. The summed E-state index contributed by atoms with van der Waals surface area (Å²) in [5.74, 6) is 1.73. The number of hydrogen-bond donors (Lipinski definition) is 2. The van der Waals surface area contributed by atoms with E-state index < -0.39 is 0 Å². The van der Waals surface area contributed by atoms with Crippen LogP contribution in [0.25, 0.3) is 0 Å². The smallest absolute Gasteiger partial charge is 0.237 e. The standard InChI is InChI=1S/C17H28N2O2/c1-3-5-14-7-9-15(10-8-14)19-13(2)17(20)18-12-16-6-4-11-21-16/h4,6,11,13-15,19H,3,5,7-10,12H2,1-2H3,(H,18,20). The van der Waals surface area contributed by atoms with E-state index in [2.05, 4.69) is 17.6 Å². The van der Waals surface area contributed by atoms with E-state index in [1.807, 2.05) is 19.1 Å².